The van der Waals surface area contributed by atoms with E-state index in [-0.39, 0.29) is 24.3 Å². The van der Waals surface area contributed by atoms with Gasteiger partial charge in [0.2, 0.25) is 5.91 Å². The van der Waals surface area contributed by atoms with Crippen LogP contribution in [0.25, 0.3) is 0 Å². The minimum Gasteiger partial charge on any atom is -0.378 e. The Morgan fingerprint density at radius 2 is 2.10 bits per heavy atom. The standard InChI is InChI=1S/C14H17IN2O3/c1-16-14(19)12-9-20-7-6-17(12)8-13(18)10-2-4-11(15)5-3-10/h2-5,12H,6-9H2,1H3,(H,16,19). The van der Waals surface area contributed by atoms with Gasteiger partial charge in [0.1, 0.15) is 6.04 Å². The molecule has 1 aliphatic heterocycles. The molecule has 1 saturated heterocycles. The first kappa shape index (κ1) is 15.4. The Morgan fingerprint density at radius 3 is 2.75 bits per heavy atom. The summed E-state index contributed by atoms with van der Waals surface area (Å²) in [5.41, 5.74) is 0.674. The number of carbonyl (C=O) groups is 2. The molecule has 1 amide bonds. The van der Waals surface area contributed by atoms with Gasteiger partial charge in [-0.15, -0.1) is 0 Å². The summed E-state index contributed by atoms with van der Waals surface area (Å²) in [5.74, 6) is -0.0858. The number of carbonyl (C=O) groups excluding carboxylic acids is 2. The van der Waals surface area contributed by atoms with E-state index in [0.717, 1.165) is 3.57 Å². The van der Waals surface area contributed by atoms with Crippen molar-refractivity contribution < 1.29 is 14.3 Å². The van der Waals surface area contributed by atoms with Crippen molar-refractivity contribution in [3.05, 3.63) is 33.4 Å². The van der Waals surface area contributed by atoms with Crippen molar-refractivity contribution in [2.24, 2.45) is 0 Å². The van der Waals surface area contributed by atoms with Crippen LogP contribution in [0, 0.1) is 3.57 Å². The smallest absolute Gasteiger partial charge is 0.239 e. The second kappa shape index (κ2) is 7.14. The van der Waals surface area contributed by atoms with Gasteiger partial charge < -0.3 is 10.1 Å². The van der Waals surface area contributed by atoms with E-state index in [2.05, 4.69) is 27.9 Å². The molecule has 0 bridgehead atoms. The largest absolute Gasteiger partial charge is 0.378 e. The maximum absolute atomic E-state index is 12.3. The average molecular weight is 388 g/mol. The molecule has 6 heteroatoms. The lowest BCUT2D eigenvalue weighted by Gasteiger charge is -2.33. The summed E-state index contributed by atoms with van der Waals surface area (Å²) in [7, 11) is 1.59. The lowest BCUT2D eigenvalue weighted by Crippen LogP contribution is -2.54. The molecule has 20 heavy (non-hydrogen) atoms. The van der Waals surface area contributed by atoms with E-state index in [9.17, 15) is 9.59 Å². The molecule has 5 nitrogen and oxygen atoms in total. The summed E-state index contributed by atoms with van der Waals surface area (Å²) < 4.78 is 6.41. The third-order valence-corrected chi connectivity index (χ3v) is 4.02. The minimum absolute atomic E-state index is 0.0252. The van der Waals surface area contributed by atoms with E-state index >= 15 is 0 Å². The first-order chi connectivity index (χ1) is 9.61. The van der Waals surface area contributed by atoms with Gasteiger partial charge in [-0.1, -0.05) is 12.1 Å². The van der Waals surface area contributed by atoms with E-state index in [4.69, 9.17) is 4.74 Å². The number of Topliss-reactive ketones (excluding diaryl/α,β-unsaturated/α-hetero) is 1. The molecule has 0 saturated carbocycles. The number of morpholine rings is 1. The Morgan fingerprint density at radius 1 is 1.40 bits per heavy atom. The van der Waals surface area contributed by atoms with Gasteiger partial charge in [0.25, 0.3) is 0 Å². The summed E-state index contributed by atoms with van der Waals surface area (Å²) in [6, 6.07) is 7.06. The van der Waals surface area contributed by atoms with Gasteiger partial charge in [0.05, 0.1) is 19.8 Å². The van der Waals surface area contributed by atoms with Crippen LogP contribution in [-0.4, -0.2) is 56.0 Å². The molecular weight excluding hydrogens is 371 g/mol. The zero-order valence-corrected chi connectivity index (χ0v) is 13.4. The maximum atomic E-state index is 12.3. The highest BCUT2D eigenvalue weighted by Gasteiger charge is 2.30. The van der Waals surface area contributed by atoms with Crippen LogP contribution >= 0.6 is 22.6 Å². The van der Waals surface area contributed by atoms with Crippen molar-refractivity contribution >= 4 is 34.3 Å². The average Bonchev–Trinajstić information content (AvgIpc) is 2.47. The van der Waals surface area contributed by atoms with Gasteiger partial charge in [-0.25, -0.2) is 0 Å². The predicted molar refractivity (Wildman–Crippen MR) is 83.7 cm³/mol. The molecule has 1 atom stereocenters. The molecule has 1 aromatic carbocycles. The van der Waals surface area contributed by atoms with Crippen LogP contribution in [0.5, 0.6) is 0 Å². The van der Waals surface area contributed by atoms with Crippen LogP contribution in [0.2, 0.25) is 0 Å². The lowest BCUT2D eigenvalue weighted by molar-refractivity contribution is -0.131. The van der Waals surface area contributed by atoms with Gasteiger partial charge in [0.15, 0.2) is 5.78 Å². The Bertz CT molecular complexity index is 490. The maximum Gasteiger partial charge on any atom is 0.239 e. The monoisotopic (exact) mass is 388 g/mol. The molecule has 0 spiro atoms. The normalized spacial score (nSPS) is 19.6. The van der Waals surface area contributed by atoms with E-state index in [1.54, 1.807) is 7.05 Å². The van der Waals surface area contributed by atoms with E-state index in [1.807, 2.05) is 29.2 Å². The second-order valence-corrected chi connectivity index (χ2v) is 5.85. The number of nitrogens with zero attached hydrogens (tertiary/aromatic N) is 1. The van der Waals surface area contributed by atoms with Crippen molar-refractivity contribution in [2.45, 2.75) is 6.04 Å². The molecule has 1 aromatic rings. The van der Waals surface area contributed by atoms with Crippen molar-refractivity contribution in [2.75, 3.05) is 33.4 Å². The summed E-state index contributed by atoms with van der Waals surface area (Å²) in [5, 5.41) is 2.61. The van der Waals surface area contributed by atoms with Crippen LogP contribution in [-0.2, 0) is 9.53 Å². The molecule has 108 valence electrons. The number of hydrogen-bond donors (Lipinski definition) is 1. The van der Waals surface area contributed by atoms with Gasteiger partial charge in [-0.3, -0.25) is 14.5 Å². The number of amides is 1. The number of ketones is 1. The molecular formula is C14H17IN2O3. The molecule has 1 unspecified atom stereocenters. The van der Waals surface area contributed by atoms with Crippen LogP contribution < -0.4 is 5.32 Å². The first-order valence-electron chi connectivity index (χ1n) is 6.44. The Balaban J connectivity index is 2.04. The molecule has 1 fully saturated rings. The van der Waals surface area contributed by atoms with E-state index in [0.29, 0.717) is 25.3 Å². The van der Waals surface area contributed by atoms with E-state index in [1.165, 1.54) is 0 Å². The zero-order valence-electron chi connectivity index (χ0n) is 11.3. The number of nitrogens with one attached hydrogen (secondary N) is 1. The highest BCUT2D eigenvalue weighted by atomic mass is 127. The number of benzene rings is 1. The minimum atomic E-state index is -0.387. The summed E-state index contributed by atoms with van der Waals surface area (Å²) in [4.78, 5) is 25.9. The van der Waals surface area contributed by atoms with Gasteiger partial charge in [-0.2, -0.15) is 0 Å². The van der Waals surface area contributed by atoms with Crippen LogP contribution in [0.1, 0.15) is 10.4 Å². The molecule has 2 rings (SSSR count). The number of halogens is 1. The molecule has 0 radical (unpaired) electrons. The van der Waals surface area contributed by atoms with Gasteiger partial charge >= 0.3 is 0 Å². The molecule has 1 heterocycles. The number of rotatable bonds is 4. The third kappa shape index (κ3) is 3.77. The van der Waals surface area contributed by atoms with Crippen molar-refractivity contribution in [3.8, 4) is 0 Å². The molecule has 1 N–H and O–H groups in total. The van der Waals surface area contributed by atoms with Crippen LogP contribution in [0.3, 0.4) is 0 Å². The Labute approximate surface area is 131 Å². The number of ether oxygens (including phenoxy) is 1. The summed E-state index contributed by atoms with van der Waals surface area (Å²) in [6.07, 6.45) is 0. The first-order valence-corrected chi connectivity index (χ1v) is 7.52. The molecule has 0 aromatic heterocycles. The van der Waals surface area contributed by atoms with Crippen molar-refractivity contribution in [1.29, 1.82) is 0 Å². The fourth-order valence-corrected chi connectivity index (χ4v) is 2.51. The second-order valence-electron chi connectivity index (χ2n) is 4.61. The fraction of sp³-hybridized carbons (Fsp3) is 0.429. The number of hydrogen-bond acceptors (Lipinski definition) is 4. The topological polar surface area (TPSA) is 58.6 Å². The Hall–Kier alpha value is -0.990. The van der Waals surface area contributed by atoms with Crippen molar-refractivity contribution in [1.82, 2.24) is 10.2 Å². The van der Waals surface area contributed by atoms with Crippen molar-refractivity contribution in [3.63, 3.8) is 0 Å². The molecule has 0 aliphatic carbocycles. The number of likely N-dealkylation sites (N-methyl/N-ethyl adjacent to an activating group) is 1. The SMILES string of the molecule is CNC(=O)C1COCCN1CC(=O)c1ccc(I)cc1. The van der Waals surface area contributed by atoms with Crippen LogP contribution in [0.15, 0.2) is 24.3 Å². The molecule has 1 aliphatic rings. The highest BCUT2D eigenvalue weighted by molar-refractivity contribution is 14.1. The van der Waals surface area contributed by atoms with Gasteiger partial charge in [-0.05, 0) is 34.7 Å². The summed E-state index contributed by atoms with van der Waals surface area (Å²) >= 11 is 2.20. The quantitative estimate of drug-likeness (QED) is 0.616. The third-order valence-electron chi connectivity index (χ3n) is 3.30. The van der Waals surface area contributed by atoms with E-state index < -0.39 is 0 Å². The Kier molecular flexibility index (Phi) is 5.50. The zero-order chi connectivity index (χ0) is 14.5. The van der Waals surface area contributed by atoms with Crippen LogP contribution in [0.4, 0.5) is 0 Å². The lowest BCUT2D eigenvalue weighted by atomic mass is 10.1. The predicted octanol–water partition coefficient (Wildman–Crippen LogP) is 0.921. The fourth-order valence-electron chi connectivity index (χ4n) is 2.15. The van der Waals surface area contributed by atoms with Gasteiger partial charge in [0, 0.05) is 22.7 Å². The highest BCUT2D eigenvalue weighted by Crippen LogP contribution is 2.11. The summed E-state index contributed by atoms with van der Waals surface area (Å²) in [6.45, 7) is 1.71.